The molecule has 4 nitrogen and oxygen atoms in total. The molecule has 0 spiro atoms. The Kier molecular flexibility index (Phi) is 2.40. The zero-order chi connectivity index (χ0) is 11.8. The van der Waals surface area contributed by atoms with E-state index in [9.17, 15) is 0 Å². The predicted molar refractivity (Wildman–Crippen MR) is 69.6 cm³/mol. The first-order valence-corrected chi connectivity index (χ1v) is 5.97. The number of hydrogen-bond acceptors (Lipinski definition) is 3. The minimum atomic E-state index is 0.643. The number of aromatic nitrogens is 4. The van der Waals surface area contributed by atoms with E-state index in [1.807, 2.05) is 31.3 Å². The topological polar surface area (TPSA) is 54.5 Å². The number of aryl methyl sites for hydroxylation is 1. The van der Waals surface area contributed by atoms with Gasteiger partial charge in [-0.15, -0.1) is 0 Å². The number of H-pyrrole nitrogens is 1. The van der Waals surface area contributed by atoms with E-state index in [1.165, 1.54) is 0 Å². The van der Waals surface area contributed by atoms with E-state index in [1.54, 1.807) is 6.20 Å². The van der Waals surface area contributed by atoms with Gasteiger partial charge in [-0.25, -0.2) is 9.97 Å². The Morgan fingerprint density at radius 3 is 2.88 bits per heavy atom. The highest BCUT2D eigenvalue weighted by Crippen LogP contribution is 2.26. The lowest BCUT2D eigenvalue weighted by molar-refractivity contribution is 1.12. The van der Waals surface area contributed by atoms with Crippen LogP contribution in [0.5, 0.6) is 0 Å². The van der Waals surface area contributed by atoms with Crippen molar-refractivity contribution in [1.82, 2.24) is 19.9 Å². The van der Waals surface area contributed by atoms with Gasteiger partial charge in [-0.3, -0.25) is 4.98 Å². The van der Waals surface area contributed by atoms with Crippen molar-refractivity contribution in [2.75, 3.05) is 0 Å². The van der Waals surface area contributed by atoms with E-state index in [2.05, 4.69) is 35.9 Å². The monoisotopic (exact) mass is 288 g/mol. The normalized spacial score (nSPS) is 10.9. The van der Waals surface area contributed by atoms with Gasteiger partial charge in [0.15, 0.2) is 5.82 Å². The molecule has 0 unspecified atom stereocenters. The number of fused-ring (bicyclic) bond motifs is 1. The maximum atomic E-state index is 4.48. The third-order valence-corrected chi connectivity index (χ3v) is 3.18. The van der Waals surface area contributed by atoms with E-state index in [0.717, 1.165) is 26.9 Å². The maximum absolute atomic E-state index is 4.48. The molecule has 0 fully saturated rings. The second-order valence-electron chi connectivity index (χ2n) is 3.71. The molecule has 3 aromatic heterocycles. The Labute approximate surface area is 106 Å². The number of nitrogens with zero attached hydrogens (tertiary/aromatic N) is 3. The number of hydrogen-bond donors (Lipinski definition) is 1. The van der Waals surface area contributed by atoms with E-state index in [0.29, 0.717) is 5.82 Å². The van der Waals surface area contributed by atoms with Gasteiger partial charge in [0.25, 0.3) is 0 Å². The molecule has 0 radical (unpaired) electrons. The van der Waals surface area contributed by atoms with Crippen molar-refractivity contribution in [1.29, 1.82) is 0 Å². The van der Waals surface area contributed by atoms with Crippen LogP contribution in [0.15, 0.2) is 35.1 Å². The van der Waals surface area contributed by atoms with Gasteiger partial charge in [0, 0.05) is 16.9 Å². The van der Waals surface area contributed by atoms with Crippen molar-refractivity contribution in [3.8, 4) is 11.5 Å². The van der Waals surface area contributed by atoms with Gasteiger partial charge in [-0.1, -0.05) is 6.07 Å². The summed E-state index contributed by atoms with van der Waals surface area (Å²) >= 11 is 3.47. The molecule has 3 rings (SSSR count). The quantitative estimate of drug-likeness (QED) is 0.749. The molecule has 0 aliphatic carbocycles. The van der Waals surface area contributed by atoms with E-state index >= 15 is 0 Å². The minimum absolute atomic E-state index is 0.643. The van der Waals surface area contributed by atoms with Crippen LogP contribution < -0.4 is 0 Å². The first kappa shape index (κ1) is 10.4. The fourth-order valence-electron chi connectivity index (χ4n) is 1.78. The summed E-state index contributed by atoms with van der Waals surface area (Å²) in [7, 11) is 0. The summed E-state index contributed by atoms with van der Waals surface area (Å²) in [5.74, 6) is 0.643. The van der Waals surface area contributed by atoms with Crippen LogP contribution in [-0.4, -0.2) is 19.9 Å². The Morgan fingerprint density at radius 1 is 1.24 bits per heavy atom. The van der Waals surface area contributed by atoms with Gasteiger partial charge in [-0.2, -0.15) is 0 Å². The Balaban J connectivity index is 2.26. The summed E-state index contributed by atoms with van der Waals surface area (Å²) < 4.78 is 0.984. The number of rotatable bonds is 1. The van der Waals surface area contributed by atoms with Gasteiger partial charge < -0.3 is 4.98 Å². The number of nitrogens with one attached hydrogen (secondary N) is 1. The van der Waals surface area contributed by atoms with Crippen molar-refractivity contribution in [3.05, 3.63) is 40.8 Å². The lowest BCUT2D eigenvalue weighted by Crippen LogP contribution is -1.94. The molecule has 0 saturated carbocycles. The zero-order valence-corrected chi connectivity index (χ0v) is 10.7. The SMILES string of the molecule is Cc1nc(-c2ccccn2)nc2[nH]cc(Br)c12. The Hall–Kier alpha value is -1.75. The molecule has 0 aliphatic heterocycles. The van der Waals surface area contributed by atoms with Gasteiger partial charge in [-0.05, 0) is 35.0 Å². The first-order valence-electron chi connectivity index (χ1n) is 5.18. The van der Waals surface area contributed by atoms with Crippen molar-refractivity contribution >= 4 is 27.0 Å². The molecular weight excluding hydrogens is 280 g/mol. The van der Waals surface area contributed by atoms with Gasteiger partial charge in [0.05, 0.1) is 11.1 Å². The van der Waals surface area contributed by atoms with Crippen LogP contribution in [-0.2, 0) is 0 Å². The van der Waals surface area contributed by atoms with Crippen LogP contribution in [0.2, 0.25) is 0 Å². The Bertz CT molecular complexity index is 676. The average Bonchev–Trinajstić information content (AvgIpc) is 2.73. The fraction of sp³-hybridized carbons (Fsp3) is 0.0833. The molecule has 0 amide bonds. The second-order valence-corrected chi connectivity index (χ2v) is 4.56. The maximum Gasteiger partial charge on any atom is 0.180 e. The third-order valence-electron chi connectivity index (χ3n) is 2.56. The van der Waals surface area contributed by atoms with Crippen molar-refractivity contribution in [3.63, 3.8) is 0 Å². The summed E-state index contributed by atoms with van der Waals surface area (Å²) in [5.41, 5.74) is 2.54. The molecule has 5 heteroatoms. The molecule has 84 valence electrons. The van der Waals surface area contributed by atoms with Gasteiger partial charge in [0.2, 0.25) is 0 Å². The highest BCUT2D eigenvalue weighted by atomic mass is 79.9. The van der Waals surface area contributed by atoms with Crippen LogP contribution in [0, 0.1) is 6.92 Å². The van der Waals surface area contributed by atoms with Crippen molar-refractivity contribution < 1.29 is 0 Å². The van der Waals surface area contributed by atoms with Crippen LogP contribution in [0.4, 0.5) is 0 Å². The molecular formula is C12H9BrN4. The number of aromatic amines is 1. The van der Waals surface area contributed by atoms with E-state index in [-0.39, 0.29) is 0 Å². The highest BCUT2D eigenvalue weighted by Gasteiger charge is 2.10. The second kappa shape index (κ2) is 3.92. The van der Waals surface area contributed by atoms with Crippen LogP contribution in [0.3, 0.4) is 0 Å². The lowest BCUT2D eigenvalue weighted by atomic mass is 10.3. The summed E-state index contributed by atoms with van der Waals surface area (Å²) in [5, 5.41) is 1.02. The fourth-order valence-corrected chi connectivity index (χ4v) is 2.37. The number of pyridine rings is 1. The molecule has 3 aromatic rings. The minimum Gasteiger partial charge on any atom is -0.345 e. The molecule has 0 saturated heterocycles. The molecule has 3 heterocycles. The van der Waals surface area contributed by atoms with Crippen LogP contribution >= 0.6 is 15.9 Å². The van der Waals surface area contributed by atoms with Gasteiger partial charge >= 0.3 is 0 Å². The molecule has 0 aromatic carbocycles. The van der Waals surface area contributed by atoms with Crippen molar-refractivity contribution in [2.45, 2.75) is 6.92 Å². The Morgan fingerprint density at radius 2 is 2.12 bits per heavy atom. The molecule has 0 bridgehead atoms. The average molecular weight is 289 g/mol. The zero-order valence-electron chi connectivity index (χ0n) is 9.11. The lowest BCUT2D eigenvalue weighted by Gasteiger charge is -2.02. The summed E-state index contributed by atoms with van der Waals surface area (Å²) in [6.45, 7) is 1.97. The largest absolute Gasteiger partial charge is 0.345 e. The molecule has 17 heavy (non-hydrogen) atoms. The standard InChI is InChI=1S/C12H9BrN4/c1-7-10-8(13)6-15-12(10)17-11(16-7)9-4-2-3-5-14-9/h2-6H,1H3,(H,15,16,17). The molecule has 1 N–H and O–H groups in total. The molecule has 0 aliphatic rings. The summed E-state index contributed by atoms with van der Waals surface area (Å²) in [6, 6.07) is 5.70. The predicted octanol–water partition coefficient (Wildman–Crippen LogP) is 3.09. The summed E-state index contributed by atoms with van der Waals surface area (Å²) in [4.78, 5) is 16.3. The summed E-state index contributed by atoms with van der Waals surface area (Å²) in [6.07, 6.45) is 3.61. The van der Waals surface area contributed by atoms with Crippen LogP contribution in [0.1, 0.15) is 5.69 Å². The van der Waals surface area contributed by atoms with Crippen molar-refractivity contribution in [2.24, 2.45) is 0 Å². The first-order chi connectivity index (χ1) is 8.25. The van der Waals surface area contributed by atoms with E-state index in [4.69, 9.17) is 0 Å². The van der Waals surface area contributed by atoms with Gasteiger partial charge in [0.1, 0.15) is 11.3 Å². The van der Waals surface area contributed by atoms with Crippen LogP contribution in [0.25, 0.3) is 22.6 Å². The highest BCUT2D eigenvalue weighted by molar-refractivity contribution is 9.10. The van der Waals surface area contributed by atoms with E-state index < -0.39 is 0 Å². The molecule has 0 atom stereocenters. The number of halogens is 1. The smallest absolute Gasteiger partial charge is 0.180 e. The third kappa shape index (κ3) is 1.72.